The summed E-state index contributed by atoms with van der Waals surface area (Å²) in [6.45, 7) is 0.0119. The van der Waals surface area contributed by atoms with Gasteiger partial charge in [0.1, 0.15) is 19.7 Å². The summed E-state index contributed by atoms with van der Waals surface area (Å²) in [7, 11) is 0. The number of carbonyl (C=O) groups excluding carboxylic acids is 2. The minimum atomic E-state index is -1.12. The van der Waals surface area contributed by atoms with E-state index in [2.05, 4.69) is 23.5 Å². The number of fused-ring (bicyclic) bond motifs is 3. The lowest BCUT2D eigenvalue weighted by Crippen LogP contribution is -2.44. The molecule has 1 aliphatic carbocycles. The summed E-state index contributed by atoms with van der Waals surface area (Å²) in [6, 6.07) is 14.1. The average molecular weight is 410 g/mol. The van der Waals surface area contributed by atoms with Crippen molar-refractivity contribution in [2.45, 2.75) is 19.1 Å². The van der Waals surface area contributed by atoms with Crippen LogP contribution in [0.1, 0.15) is 16.7 Å². The zero-order valence-electron chi connectivity index (χ0n) is 16.3. The molecule has 30 heavy (non-hydrogen) atoms. The summed E-state index contributed by atoms with van der Waals surface area (Å²) in [5, 5.41) is 11.3. The van der Waals surface area contributed by atoms with Gasteiger partial charge < -0.3 is 24.8 Å². The van der Waals surface area contributed by atoms with E-state index >= 15 is 0 Å². The number of hydrogen-bond donors (Lipinski definition) is 2. The third kappa shape index (κ3) is 4.60. The summed E-state index contributed by atoms with van der Waals surface area (Å²) in [5.41, 5.74) is 5.65. The molecule has 0 radical (unpaired) electrons. The van der Waals surface area contributed by atoms with E-state index in [0.717, 1.165) is 28.0 Å². The van der Waals surface area contributed by atoms with Crippen LogP contribution in [0.3, 0.4) is 0 Å². The Bertz CT molecular complexity index is 985. The van der Waals surface area contributed by atoms with Gasteiger partial charge in [0, 0.05) is 6.54 Å². The highest BCUT2D eigenvalue weighted by atomic mass is 16.6. The molecule has 8 heteroatoms. The van der Waals surface area contributed by atoms with Crippen LogP contribution in [0.4, 0.5) is 4.79 Å². The maximum Gasteiger partial charge on any atom is 0.407 e. The zero-order chi connectivity index (χ0) is 21.1. The molecule has 4 rings (SSSR count). The van der Waals surface area contributed by atoms with E-state index < -0.39 is 24.5 Å². The Labute approximate surface area is 173 Å². The van der Waals surface area contributed by atoms with E-state index in [9.17, 15) is 14.4 Å². The number of carbonyl (C=O) groups is 3. The van der Waals surface area contributed by atoms with Gasteiger partial charge in [0.25, 0.3) is 0 Å². The van der Waals surface area contributed by atoms with Crippen molar-refractivity contribution >= 4 is 18.0 Å². The van der Waals surface area contributed by atoms with E-state index in [1.54, 1.807) is 0 Å². The third-order valence-electron chi connectivity index (χ3n) is 5.20. The van der Waals surface area contributed by atoms with Crippen LogP contribution in [0.25, 0.3) is 11.1 Å². The number of carboxylic acid groups (broad SMARTS) is 1. The van der Waals surface area contributed by atoms with Crippen molar-refractivity contribution in [2.24, 2.45) is 0 Å². The first-order valence-electron chi connectivity index (χ1n) is 9.72. The van der Waals surface area contributed by atoms with Crippen LogP contribution in [0.15, 0.2) is 42.5 Å². The maximum atomic E-state index is 12.2. The van der Waals surface area contributed by atoms with Crippen molar-refractivity contribution in [3.63, 3.8) is 0 Å². The summed E-state index contributed by atoms with van der Waals surface area (Å²) in [6.07, 6.45) is -0.0719. The number of carboxylic acids is 1. The number of alkyl carbamates (subject to hydrolysis) is 1. The number of aliphatic carboxylic acids is 1. The molecule has 1 atom stereocenters. The van der Waals surface area contributed by atoms with Crippen molar-refractivity contribution in [3.8, 4) is 11.1 Å². The van der Waals surface area contributed by atoms with Gasteiger partial charge in [0.05, 0.1) is 12.7 Å². The van der Waals surface area contributed by atoms with Crippen LogP contribution in [0.5, 0.6) is 0 Å². The molecular weight excluding hydrogens is 388 g/mol. The minimum Gasteiger partial charge on any atom is -0.480 e. The molecule has 1 fully saturated rings. The molecule has 0 bridgehead atoms. The Morgan fingerprint density at radius 1 is 1.13 bits per heavy atom. The molecule has 0 spiro atoms. The van der Waals surface area contributed by atoms with Gasteiger partial charge in [0.2, 0.25) is 5.91 Å². The van der Waals surface area contributed by atoms with Crippen LogP contribution in [0, 0.1) is 0 Å². The molecule has 0 aromatic heterocycles. The molecule has 1 aliphatic heterocycles. The molecule has 8 nitrogen and oxygen atoms in total. The largest absolute Gasteiger partial charge is 0.480 e. The van der Waals surface area contributed by atoms with Gasteiger partial charge in [-0.3, -0.25) is 9.59 Å². The zero-order valence-corrected chi connectivity index (χ0v) is 16.3. The summed E-state index contributed by atoms with van der Waals surface area (Å²) in [4.78, 5) is 36.4. The second kappa shape index (κ2) is 8.54. The molecule has 2 N–H and O–H groups in total. The molecule has 1 unspecified atom stereocenters. The normalized spacial score (nSPS) is 15.7. The van der Waals surface area contributed by atoms with E-state index in [1.807, 2.05) is 24.3 Å². The average Bonchev–Trinajstić information content (AvgIpc) is 3.47. The first-order valence-corrected chi connectivity index (χ1v) is 9.72. The lowest BCUT2D eigenvalue weighted by atomic mass is 10.0. The van der Waals surface area contributed by atoms with Gasteiger partial charge in [-0.25, -0.2) is 4.79 Å². The highest BCUT2D eigenvalue weighted by Crippen LogP contribution is 2.38. The number of epoxide rings is 1. The van der Waals surface area contributed by atoms with E-state index in [1.165, 1.54) is 11.1 Å². The number of ether oxygens (including phenoxy) is 2. The molecule has 1 saturated heterocycles. The van der Waals surface area contributed by atoms with Gasteiger partial charge in [-0.2, -0.15) is 0 Å². The Morgan fingerprint density at radius 2 is 1.90 bits per heavy atom. The first-order chi connectivity index (χ1) is 14.5. The van der Waals surface area contributed by atoms with E-state index in [4.69, 9.17) is 14.6 Å². The monoisotopic (exact) mass is 410 g/mol. The lowest BCUT2D eigenvalue weighted by molar-refractivity contribution is -0.144. The minimum absolute atomic E-state index is 0.0892. The van der Waals surface area contributed by atoms with Crippen molar-refractivity contribution in [2.75, 3.05) is 26.2 Å². The summed E-state index contributed by atoms with van der Waals surface area (Å²) in [5.74, 6) is -1.62. The fourth-order valence-corrected chi connectivity index (χ4v) is 3.65. The third-order valence-corrected chi connectivity index (χ3v) is 5.20. The molecular formula is C22H22N2O6. The van der Waals surface area contributed by atoms with Crippen molar-refractivity contribution in [3.05, 3.63) is 59.2 Å². The standard InChI is InChI=1S/C22H22N2O6/c25-20(24(11-21(26)27)10-16-13-29-16)9-23-22(28)30-12-15-5-3-7-18-17-6-2-1-4-14(17)8-19(15)18/h1-7,16H,8-13H2,(H,23,28)(H,26,27). The molecule has 2 aromatic carbocycles. The maximum absolute atomic E-state index is 12.2. The van der Waals surface area contributed by atoms with E-state index in [-0.39, 0.29) is 25.8 Å². The predicted octanol–water partition coefficient (Wildman–Crippen LogP) is 1.80. The van der Waals surface area contributed by atoms with Crippen LogP contribution in [-0.4, -0.2) is 60.3 Å². The Balaban J connectivity index is 1.30. The van der Waals surface area contributed by atoms with Gasteiger partial charge >= 0.3 is 12.1 Å². The van der Waals surface area contributed by atoms with E-state index in [0.29, 0.717) is 6.61 Å². The smallest absolute Gasteiger partial charge is 0.407 e. The summed E-state index contributed by atoms with van der Waals surface area (Å²) >= 11 is 0. The molecule has 1 heterocycles. The van der Waals surface area contributed by atoms with Crippen LogP contribution in [-0.2, 0) is 32.1 Å². The molecule has 2 aromatic rings. The van der Waals surface area contributed by atoms with Crippen LogP contribution >= 0.6 is 0 Å². The predicted molar refractivity (Wildman–Crippen MR) is 107 cm³/mol. The van der Waals surface area contributed by atoms with Crippen LogP contribution in [0.2, 0.25) is 0 Å². The van der Waals surface area contributed by atoms with Crippen LogP contribution < -0.4 is 5.32 Å². The number of benzene rings is 2. The Morgan fingerprint density at radius 3 is 2.67 bits per heavy atom. The Hall–Kier alpha value is -3.39. The quantitative estimate of drug-likeness (QED) is 0.548. The molecule has 156 valence electrons. The molecule has 0 saturated carbocycles. The highest BCUT2D eigenvalue weighted by molar-refractivity contribution is 5.85. The number of nitrogens with one attached hydrogen (secondary N) is 1. The van der Waals surface area contributed by atoms with Gasteiger partial charge in [-0.1, -0.05) is 42.5 Å². The fraction of sp³-hybridized carbons (Fsp3) is 0.318. The SMILES string of the molecule is O=C(O)CN(CC1CO1)C(=O)CNC(=O)OCc1cccc2c1Cc1ccccc1-2. The van der Waals surface area contributed by atoms with Crippen molar-refractivity contribution in [1.29, 1.82) is 0 Å². The molecule has 2 aliphatic rings. The fourth-order valence-electron chi connectivity index (χ4n) is 3.65. The summed E-state index contributed by atoms with van der Waals surface area (Å²) < 4.78 is 10.3. The van der Waals surface area contributed by atoms with Gasteiger partial charge in [-0.15, -0.1) is 0 Å². The van der Waals surface area contributed by atoms with Crippen molar-refractivity contribution in [1.82, 2.24) is 10.2 Å². The number of nitrogens with zero attached hydrogens (tertiary/aromatic N) is 1. The second-order valence-corrected chi connectivity index (χ2v) is 7.33. The number of hydrogen-bond acceptors (Lipinski definition) is 5. The first kappa shape index (κ1) is 19.9. The van der Waals surface area contributed by atoms with Gasteiger partial charge in [0.15, 0.2) is 0 Å². The number of amides is 2. The second-order valence-electron chi connectivity index (χ2n) is 7.33. The Kier molecular flexibility index (Phi) is 5.67. The lowest BCUT2D eigenvalue weighted by Gasteiger charge is -2.19. The van der Waals surface area contributed by atoms with Gasteiger partial charge in [-0.05, 0) is 34.2 Å². The topological polar surface area (TPSA) is 108 Å². The number of rotatable bonds is 8. The highest BCUT2D eigenvalue weighted by Gasteiger charge is 2.29. The van der Waals surface area contributed by atoms with Crippen molar-refractivity contribution < 1.29 is 29.0 Å². The molecule has 2 amide bonds.